The zero-order valence-corrected chi connectivity index (χ0v) is 13.0. The van der Waals surface area contributed by atoms with E-state index in [1.54, 1.807) is 12.1 Å². The lowest BCUT2D eigenvalue weighted by Gasteiger charge is -2.15. The second-order valence-electron chi connectivity index (χ2n) is 4.05. The topological polar surface area (TPSA) is 90.7 Å². The van der Waals surface area contributed by atoms with Crippen LogP contribution in [0.4, 0.5) is 0 Å². The van der Waals surface area contributed by atoms with Crippen molar-refractivity contribution in [3.05, 3.63) is 29.8 Å². The molecule has 8 heteroatoms. The Morgan fingerprint density at radius 3 is 2.40 bits per heavy atom. The average molecular weight is 318 g/mol. The Balaban J connectivity index is 2.75. The number of benzene rings is 1. The molecule has 3 N–H and O–H groups in total. The standard InChI is InChI=1S/C12H18N2O4S2/c1-17-8-10(18-2)7-14-20(15,16)11-5-3-9(4-6-11)12(13)19/h3-6,10,14H,7-8H2,1-2H3,(H2,13,19). The molecule has 0 amide bonds. The van der Waals surface area contributed by atoms with Crippen molar-refractivity contribution in [1.82, 2.24) is 4.72 Å². The number of ether oxygens (including phenoxy) is 2. The third-order valence-corrected chi connectivity index (χ3v) is 4.31. The van der Waals surface area contributed by atoms with Gasteiger partial charge in [0, 0.05) is 26.3 Å². The van der Waals surface area contributed by atoms with Gasteiger partial charge in [-0.15, -0.1) is 0 Å². The molecule has 0 bridgehead atoms. The number of nitrogens with two attached hydrogens (primary N) is 1. The van der Waals surface area contributed by atoms with E-state index in [9.17, 15) is 8.42 Å². The normalized spacial score (nSPS) is 13.1. The summed E-state index contributed by atoms with van der Waals surface area (Å²) in [6.45, 7) is 0.434. The number of methoxy groups -OCH3 is 2. The molecule has 1 atom stereocenters. The lowest BCUT2D eigenvalue weighted by Crippen LogP contribution is -2.35. The van der Waals surface area contributed by atoms with Crippen LogP contribution in [-0.4, -0.2) is 46.9 Å². The molecule has 1 unspecified atom stereocenters. The molecule has 1 aromatic rings. The number of thiocarbonyl (C=S) groups is 1. The summed E-state index contributed by atoms with van der Waals surface area (Å²) in [5, 5.41) is 0. The summed E-state index contributed by atoms with van der Waals surface area (Å²) in [5.74, 6) is 0. The van der Waals surface area contributed by atoms with Crippen molar-refractivity contribution in [2.75, 3.05) is 27.4 Å². The van der Waals surface area contributed by atoms with Gasteiger partial charge in [-0.05, 0) is 12.1 Å². The first-order chi connectivity index (χ1) is 9.40. The molecule has 0 radical (unpaired) electrons. The van der Waals surface area contributed by atoms with Crippen molar-refractivity contribution in [3.63, 3.8) is 0 Å². The Hall–Kier alpha value is -1.06. The second kappa shape index (κ2) is 7.65. The maximum atomic E-state index is 12.1. The highest BCUT2D eigenvalue weighted by molar-refractivity contribution is 7.89. The molecular formula is C12H18N2O4S2. The maximum absolute atomic E-state index is 12.1. The summed E-state index contributed by atoms with van der Waals surface area (Å²) in [7, 11) is -0.578. The number of hydrogen-bond donors (Lipinski definition) is 2. The van der Waals surface area contributed by atoms with E-state index in [0.29, 0.717) is 12.2 Å². The molecule has 1 aromatic carbocycles. The fourth-order valence-corrected chi connectivity index (χ4v) is 2.68. The molecule has 112 valence electrons. The summed E-state index contributed by atoms with van der Waals surface area (Å²) < 4.78 is 36.6. The van der Waals surface area contributed by atoms with Crippen LogP contribution in [0.1, 0.15) is 5.56 Å². The van der Waals surface area contributed by atoms with Gasteiger partial charge in [-0.3, -0.25) is 0 Å². The molecule has 0 aromatic heterocycles. The zero-order chi connectivity index (χ0) is 15.2. The van der Waals surface area contributed by atoms with Crippen LogP contribution in [0, 0.1) is 0 Å². The van der Waals surface area contributed by atoms with Crippen molar-refractivity contribution >= 4 is 27.2 Å². The van der Waals surface area contributed by atoms with E-state index < -0.39 is 10.0 Å². The van der Waals surface area contributed by atoms with E-state index >= 15 is 0 Å². The monoisotopic (exact) mass is 318 g/mol. The minimum absolute atomic E-state index is 0.129. The quantitative estimate of drug-likeness (QED) is 0.668. The molecular weight excluding hydrogens is 300 g/mol. The van der Waals surface area contributed by atoms with Gasteiger partial charge in [0.15, 0.2) is 0 Å². The fourth-order valence-electron chi connectivity index (χ4n) is 1.48. The van der Waals surface area contributed by atoms with Gasteiger partial charge in [0.1, 0.15) is 4.99 Å². The van der Waals surface area contributed by atoms with Gasteiger partial charge >= 0.3 is 0 Å². The van der Waals surface area contributed by atoms with Gasteiger partial charge < -0.3 is 15.2 Å². The molecule has 0 spiro atoms. The minimum Gasteiger partial charge on any atom is -0.389 e. The van der Waals surface area contributed by atoms with Crippen molar-refractivity contribution in [2.24, 2.45) is 5.73 Å². The van der Waals surface area contributed by atoms with E-state index in [2.05, 4.69) is 4.72 Å². The number of rotatable bonds is 8. The predicted molar refractivity (Wildman–Crippen MR) is 80.2 cm³/mol. The average Bonchev–Trinajstić information content (AvgIpc) is 2.43. The molecule has 0 aliphatic heterocycles. The summed E-state index contributed by atoms with van der Waals surface area (Å²) in [5.41, 5.74) is 6.08. The summed E-state index contributed by atoms with van der Waals surface area (Å²) >= 11 is 4.81. The molecule has 1 rings (SSSR count). The number of hydrogen-bond acceptors (Lipinski definition) is 5. The number of sulfonamides is 1. The molecule has 20 heavy (non-hydrogen) atoms. The highest BCUT2D eigenvalue weighted by atomic mass is 32.2. The van der Waals surface area contributed by atoms with Crippen molar-refractivity contribution in [3.8, 4) is 0 Å². The van der Waals surface area contributed by atoms with E-state index in [1.165, 1.54) is 26.4 Å². The molecule has 0 aliphatic carbocycles. The first-order valence-electron chi connectivity index (χ1n) is 5.82. The number of nitrogens with one attached hydrogen (secondary N) is 1. The van der Waals surface area contributed by atoms with Gasteiger partial charge in [-0.2, -0.15) is 0 Å². The SMILES string of the molecule is COCC(CNS(=O)(=O)c1ccc(C(N)=S)cc1)OC. The van der Waals surface area contributed by atoms with Crippen LogP contribution in [0.3, 0.4) is 0 Å². The Bertz CT molecular complexity index is 543. The first kappa shape index (κ1) is 17.0. The van der Waals surface area contributed by atoms with Crippen LogP contribution < -0.4 is 10.5 Å². The highest BCUT2D eigenvalue weighted by Gasteiger charge is 2.16. The van der Waals surface area contributed by atoms with Gasteiger partial charge in [-0.1, -0.05) is 24.4 Å². The van der Waals surface area contributed by atoms with Crippen molar-refractivity contribution < 1.29 is 17.9 Å². The first-order valence-corrected chi connectivity index (χ1v) is 7.71. The summed E-state index contributed by atoms with van der Waals surface area (Å²) in [6.07, 6.45) is -0.342. The fraction of sp³-hybridized carbons (Fsp3) is 0.417. The Morgan fingerprint density at radius 1 is 1.35 bits per heavy atom. The zero-order valence-electron chi connectivity index (χ0n) is 11.3. The van der Waals surface area contributed by atoms with E-state index in [1.807, 2.05) is 0 Å². The van der Waals surface area contributed by atoms with Crippen LogP contribution in [0.15, 0.2) is 29.2 Å². The van der Waals surface area contributed by atoms with Crippen LogP contribution in [0.5, 0.6) is 0 Å². The van der Waals surface area contributed by atoms with Gasteiger partial charge in [0.25, 0.3) is 0 Å². The Labute approximate surface area is 124 Å². The molecule has 6 nitrogen and oxygen atoms in total. The van der Waals surface area contributed by atoms with E-state index in [-0.39, 0.29) is 22.5 Å². The molecule has 0 fully saturated rings. The Morgan fingerprint density at radius 2 is 1.95 bits per heavy atom. The highest BCUT2D eigenvalue weighted by Crippen LogP contribution is 2.10. The van der Waals surface area contributed by atoms with Crippen LogP contribution >= 0.6 is 12.2 Å². The largest absolute Gasteiger partial charge is 0.389 e. The van der Waals surface area contributed by atoms with E-state index in [0.717, 1.165) is 0 Å². The molecule has 0 saturated carbocycles. The third kappa shape index (κ3) is 4.80. The maximum Gasteiger partial charge on any atom is 0.240 e. The predicted octanol–water partition coefficient (Wildman–Crippen LogP) is 0.261. The molecule has 0 aliphatic rings. The van der Waals surface area contributed by atoms with Crippen molar-refractivity contribution in [2.45, 2.75) is 11.0 Å². The summed E-state index contributed by atoms with van der Waals surface area (Å²) in [6, 6.07) is 6.05. The van der Waals surface area contributed by atoms with Crippen LogP contribution in [0.25, 0.3) is 0 Å². The smallest absolute Gasteiger partial charge is 0.240 e. The lowest BCUT2D eigenvalue weighted by molar-refractivity contribution is 0.0320. The molecule has 0 saturated heterocycles. The van der Waals surface area contributed by atoms with Crippen LogP contribution in [-0.2, 0) is 19.5 Å². The Kier molecular flexibility index (Phi) is 6.50. The summed E-state index contributed by atoms with van der Waals surface area (Å²) in [4.78, 5) is 0.367. The van der Waals surface area contributed by atoms with Gasteiger partial charge in [-0.25, -0.2) is 13.1 Å². The van der Waals surface area contributed by atoms with Gasteiger partial charge in [0.05, 0.1) is 17.6 Å². The van der Waals surface area contributed by atoms with Gasteiger partial charge in [0.2, 0.25) is 10.0 Å². The van der Waals surface area contributed by atoms with Crippen LogP contribution in [0.2, 0.25) is 0 Å². The second-order valence-corrected chi connectivity index (χ2v) is 6.26. The molecule has 0 heterocycles. The van der Waals surface area contributed by atoms with Crippen molar-refractivity contribution in [1.29, 1.82) is 0 Å². The third-order valence-electron chi connectivity index (χ3n) is 2.64. The lowest BCUT2D eigenvalue weighted by atomic mass is 10.2. The minimum atomic E-state index is -3.60. The van der Waals surface area contributed by atoms with E-state index in [4.69, 9.17) is 27.4 Å².